The highest BCUT2D eigenvalue weighted by Gasteiger charge is 2.34. The molecule has 0 radical (unpaired) electrons. The summed E-state index contributed by atoms with van der Waals surface area (Å²) in [6, 6.07) is 17.1. The molecule has 0 saturated heterocycles. The first-order chi connectivity index (χ1) is 19.0. The van der Waals surface area contributed by atoms with Gasteiger partial charge in [-0.15, -0.1) is 0 Å². The number of rotatable bonds is 12. The number of carbonyl (C=O) groups is 2. The van der Waals surface area contributed by atoms with Crippen molar-refractivity contribution in [2.45, 2.75) is 37.8 Å². The number of nitrogens with zero attached hydrogens (tertiary/aromatic N) is 2. The number of carbonyl (C=O) groups excluding carboxylic acids is 2. The second kappa shape index (κ2) is 13.5. The lowest BCUT2D eigenvalue weighted by atomic mass is 10.1. The Labute approximate surface area is 240 Å². The van der Waals surface area contributed by atoms with Crippen LogP contribution in [-0.4, -0.2) is 59.0 Å². The fourth-order valence-electron chi connectivity index (χ4n) is 4.22. The van der Waals surface area contributed by atoms with E-state index in [1.165, 1.54) is 44.4 Å². The van der Waals surface area contributed by atoms with Crippen molar-refractivity contribution < 1.29 is 27.5 Å². The van der Waals surface area contributed by atoms with Crippen LogP contribution >= 0.6 is 11.6 Å². The summed E-state index contributed by atoms with van der Waals surface area (Å²) in [6.45, 7) is 3.10. The minimum atomic E-state index is -4.26. The summed E-state index contributed by atoms with van der Waals surface area (Å²) in [6.07, 6.45) is 0.312. The van der Waals surface area contributed by atoms with Crippen LogP contribution in [0.5, 0.6) is 11.5 Å². The third kappa shape index (κ3) is 7.05. The smallest absolute Gasteiger partial charge is 0.264 e. The van der Waals surface area contributed by atoms with Crippen LogP contribution in [0.3, 0.4) is 0 Å². The highest BCUT2D eigenvalue weighted by atomic mass is 35.5. The summed E-state index contributed by atoms with van der Waals surface area (Å²) in [5.41, 5.74) is 1.73. The molecule has 40 heavy (non-hydrogen) atoms. The molecule has 1 atom stereocenters. The van der Waals surface area contributed by atoms with Gasteiger partial charge in [0, 0.05) is 24.7 Å². The number of ether oxygens (including phenoxy) is 2. The topological polar surface area (TPSA) is 105 Å². The maximum atomic E-state index is 14.1. The molecule has 0 bridgehead atoms. The van der Waals surface area contributed by atoms with Crippen LogP contribution in [0.1, 0.15) is 24.5 Å². The van der Waals surface area contributed by atoms with Gasteiger partial charge in [-0.25, -0.2) is 8.42 Å². The lowest BCUT2D eigenvalue weighted by Crippen LogP contribution is -2.51. The van der Waals surface area contributed by atoms with E-state index in [2.05, 4.69) is 5.32 Å². The zero-order chi connectivity index (χ0) is 29.4. The van der Waals surface area contributed by atoms with E-state index in [-0.39, 0.29) is 28.8 Å². The largest absolute Gasteiger partial charge is 0.497 e. The van der Waals surface area contributed by atoms with Gasteiger partial charge < -0.3 is 19.7 Å². The lowest BCUT2D eigenvalue weighted by Gasteiger charge is -2.33. The van der Waals surface area contributed by atoms with Crippen molar-refractivity contribution in [2.75, 3.05) is 32.1 Å². The normalized spacial score (nSPS) is 11.8. The fraction of sp³-hybridized carbons (Fsp3) is 0.310. The predicted molar refractivity (Wildman–Crippen MR) is 155 cm³/mol. The first-order valence-electron chi connectivity index (χ1n) is 12.6. The van der Waals surface area contributed by atoms with E-state index in [9.17, 15) is 18.0 Å². The van der Waals surface area contributed by atoms with Gasteiger partial charge in [0.15, 0.2) is 0 Å². The Balaban J connectivity index is 2.14. The fourth-order valence-corrected chi connectivity index (χ4v) is 5.76. The number of likely N-dealkylation sites (N-methyl/N-ethyl adjacent to an activating group) is 1. The van der Waals surface area contributed by atoms with Gasteiger partial charge in [0.2, 0.25) is 11.8 Å². The van der Waals surface area contributed by atoms with Crippen molar-refractivity contribution in [3.05, 3.63) is 82.9 Å². The number of amides is 2. The highest BCUT2D eigenvalue weighted by molar-refractivity contribution is 7.92. The van der Waals surface area contributed by atoms with Gasteiger partial charge >= 0.3 is 0 Å². The van der Waals surface area contributed by atoms with E-state index in [1.807, 2.05) is 6.92 Å². The molecule has 0 spiro atoms. The van der Waals surface area contributed by atoms with Gasteiger partial charge in [0.1, 0.15) is 24.1 Å². The van der Waals surface area contributed by atoms with Crippen molar-refractivity contribution >= 4 is 39.1 Å². The van der Waals surface area contributed by atoms with E-state index in [4.69, 9.17) is 21.1 Å². The molecule has 0 fully saturated rings. The van der Waals surface area contributed by atoms with Crippen molar-refractivity contribution in [1.82, 2.24) is 10.2 Å². The summed E-state index contributed by atoms with van der Waals surface area (Å²) < 4.78 is 39.9. The first kappa shape index (κ1) is 30.8. The number of hydrogen-bond donors (Lipinski definition) is 1. The Morgan fingerprint density at radius 2 is 1.62 bits per heavy atom. The Morgan fingerprint density at radius 3 is 2.17 bits per heavy atom. The van der Waals surface area contributed by atoms with Gasteiger partial charge in [-0.3, -0.25) is 13.9 Å². The van der Waals surface area contributed by atoms with Crippen LogP contribution < -0.4 is 19.1 Å². The molecule has 214 valence electrons. The zero-order valence-corrected chi connectivity index (χ0v) is 24.8. The van der Waals surface area contributed by atoms with Gasteiger partial charge in [0.25, 0.3) is 10.0 Å². The second-order valence-electron chi connectivity index (χ2n) is 9.05. The van der Waals surface area contributed by atoms with Crippen LogP contribution in [0.4, 0.5) is 5.69 Å². The van der Waals surface area contributed by atoms with Crippen LogP contribution in [0.15, 0.2) is 71.6 Å². The molecule has 3 aromatic rings. The van der Waals surface area contributed by atoms with E-state index in [0.717, 1.165) is 15.4 Å². The molecule has 2 amide bonds. The molecule has 0 aromatic heterocycles. The Hall–Kier alpha value is -3.76. The van der Waals surface area contributed by atoms with Crippen molar-refractivity contribution in [3.63, 3.8) is 0 Å². The third-order valence-electron chi connectivity index (χ3n) is 6.44. The Kier molecular flexibility index (Phi) is 10.4. The van der Waals surface area contributed by atoms with Gasteiger partial charge in [-0.05, 0) is 55.3 Å². The molecule has 11 heteroatoms. The predicted octanol–water partition coefficient (Wildman–Crippen LogP) is 4.41. The number of halogens is 1. The SMILES string of the molecule is CCC(C(=O)NC)N(Cc1ccc(Cl)cc1)C(=O)CN(c1cc(OC)ccc1OC)S(=O)(=O)c1ccc(C)cc1. The number of nitrogens with one attached hydrogen (secondary N) is 1. The Morgan fingerprint density at radius 1 is 0.975 bits per heavy atom. The maximum Gasteiger partial charge on any atom is 0.264 e. The van der Waals surface area contributed by atoms with Gasteiger partial charge in [-0.2, -0.15) is 0 Å². The maximum absolute atomic E-state index is 14.1. The molecular formula is C29H34ClN3O6S. The molecule has 3 rings (SSSR count). The molecule has 0 saturated carbocycles. The molecule has 0 heterocycles. The summed E-state index contributed by atoms with van der Waals surface area (Å²) in [4.78, 5) is 28.3. The monoisotopic (exact) mass is 587 g/mol. The van der Waals surface area contributed by atoms with E-state index >= 15 is 0 Å². The summed E-state index contributed by atoms with van der Waals surface area (Å²) in [5.74, 6) is -0.336. The number of aryl methyl sites for hydroxylation is 1. The van der Waals surface area contributed by atoms with Gasteiger partial charge in [-0.1, -0.05) is 48.4 Å². The number of methoxy groups -OCH3 is 2. The zero-order valence-electron chi connectivity index (χ0n) is 23.2. The molecule has 1 N–H and O–H groups in total. The molecule has 3 aromatic carbocycles. The van der Waals surface area contributed by atoms with Crippen molar-refractivity contribution in [1.29, 1.82) is 0 Å². The van der Waals surface area contributed by atoms with Crippen LogP contribution in [0.2, 0.25) is 5.02 Å². The second-order valence-corrected chi connectivity index (χ2v) is 11.3. The number of sulfonamides is 1. The lowest BCUT2D eigenvalue weighted by molar-refractivity contribution is -0.140. The number of hydrogen-bond acceptors (Lipinski definition) is 6. The molecule has 1 unspecified atom stereocenters. The average molecular weight is 588 g/mol. The molecule has 0 aliphatic carbocycles. The molecule has 9 nitrogen and oxygen atoms in total. The quantitative estimate of drug-likeness (QED) is 0.336. The van der Waals surface area contributed by atoms with Gasteiger partial charge in [0.05, 0.1) is 24.8 Å². The highest BCUT2D eigenvalue weighted by Crippen LogP contribution is 2.36. The first-order valence-corrected chi connectivity index (χ1v) is 14.4. The Bertz CT molecular complexity index is 1430. The third-order valence-corrected chi connectivity index (χ3v) is 8.47. The number of anilines is 1. The van der Waals surface area contributed by atoms with E-state index in [1.54, 1.807) is 55.5 Å². The molecular weight excluding hydrogens is 554 g/mol. The minimum absolute atomic E-state index is 0.00151. The summed E-state index contributed by atoms with van der Waals surface area (Å²) >= 11 is 6.04. The van der Waals surface area contributed by atoms with E-state index in [0.29, 0.717) is 17.2 Å². The number of benzene rings is 3. The van der Waals surface area contributed by atoms with E-state index < -0.39 is 28.5 Å². The molecule has 0 aliphatic heterocycles. The molecule has 0 aliphatic rings. The standard InChI is InChI=1S/C29H34ClN3O6S/c1-6-25(29(35)31-3)32(18-21-9-11-22(30)12-10-21)28(34)19-33(26-17-23(38-4)13-16-27(26)39-5)40(36,37)24-14-7-20(2)8-15-24/h7-17,25H,6,18-19H2,1-5H3,(H,31,35). The average Bonchev–Trinajstić information content (AvgIpc) is 2.96. The van der Waals surface area contributed by atoms with Crippen LogP contribution in [0, 0.1) is 6.92 Å². The summed E-state index contributed by atoms with van der Waals surface area (Å²) in [7, 11) is 0.0988. The van der Waals surface area contributed by atoms with Crippen LogP contribution in [-0.2, 0) is 26.2 Å². The van der Waals surface area contributed by atoms with Crippen LogP contribution in [0.25, 0.3) is 0 Å². The van der Waals surface area contributed by atoms with Crippen molar-refractivity contribution in [2.24, 2.45) is 0 Å². The minimum Gasteiger partial charge on any atom is -0.497 e. The summed E-state index contributed by atoms with van der Waals surface area (Å²) in [5, 5.41) is 3.13. The van der Waals surface area contributed by atoms with Crippen molar-refractivity contribution in [3.8, 4) is 11.5 Å².